The average Bonchev–Trinajstić information content (AvgIpc) is 2.46. The van der Waals surface area contributed by atoms with Crippen molar-refractivity contribution >= 4 is 28.4 Å². The molecule has 0 fully saturated rings. The van der Waals surface area contributed by atoms with E-state index in [-0.39, 0.29) is 5.75 Å². The normalized spacial score (nSPS) is 10.7. The second-order valence-electron chi connectivity index (χ2n) is 4.60. The zero-order chi connectivity index (χ0) is 15.4. The van der Waals surface area contributed by atoms with Gasteiger partial charge in [0.2, 0.25) is 0 Å². The molecule has 0 spiro atoms. The summed E-state index contributed by atoms with van der Waals surface area (Å²) in [5.41, 5.74) is 1.51. The molecule has 0 bridgehead atoms. The first-order valence-corrected chi connectivity index (χ1v) is 7.93. The summed E-state index contributed by atoms with van der Waals surface area (Å²) in [6.45, 7) is 4.84. The van der Waals surface area contributed by atoms with Crippen molar-refractivity contribution in [2.75, 3.05) is 11.9 Å². The van der Waals surface area contributed by atoms with Crippen molar-refractivity contribution in [1.82, 2.24) is 9.97 Å². The van der Waals surface area contributed by atoms with Gasteiger partial charge in [0.1, 0.15) is 5.82 Å². The van der Waals surface area contributed by atoms with Gasteiger partial charge < -0.3 is 10.4 Å². The molecule has 2 rings (SSSR count). The molecule has 0 aliphatic rings. The Bertz CT molecular complexity index is 622. The van der Waals surface area contributed by atoms with Crippen LogP contribution < -0.4 is 5.32 Å². The van der Waals surface area contributed by atoms with Gasteiger partial charge in [-0.15, -0.1) is 0 Å². The van der Waals surface area contributed by atoms with Crippen molar-refractivity contribution in [3.8, 4) is 17.1 Å². The van der Waals surface area contributed by atoms with Crippen molar-refractivity contribution in [3.63, 3.8) is 0 Å². The van der Waals surface area contributed by atoms with Gasteiger partial charge in [0, 0.05) is 12.1 Å². The Morgan fingerprint density at radius 3 is 2.67 bits per heavy atom. The van der Waals surface area contributed by atoms with E-state index in [9.17, 15) is 9.50 Å². The maximum atomic E-state index is 13.5. The number of phenols is 1. The largest absolute Gasteiger partial charge is 0.505 e. The van der Waals surface area contributed by atoms with Crippen LogP contribution in [0.2, 0.25) is 0 Å². The van der Waals surface area contributed by atoms with Crippen molar-refractivity contribution < 1.29 is 9.50 Å². The number of phenolic OH excluding ortho intramolecular Hbond substituents is 1. The molecule has 0 aliphatic carbocycles. The van der Waals surface area contributed by atoms with Gasteiger partial charge in [0.15, 0.2) is 17.4 Å². The fraction of sp³-hybridized carbons (Fsp3) is 0.333. The van der Waals surface area contributed by atoms with Crippen LogP contribution in [-0.4, -0.2) is 21.6 Å². The summed E-state index contributed by atoms with van der Waals surface area (Å²) in [6, 6.07) is 4.19. The average molecular weight is 401 g/mol. The quantitative estimate of drug-likeness (QED) is 0.745. The third kappa shape index (κ3) is 3.61. The van der Waals surface area contributed by atoms with Crippen LogP contribution in [0.4, 0.5) is 10.2 Å². The lowest BCUT2D eigenvalue weighted by Crippen LogP contribution is -2.08. The van der Waals surface area contributed by atoms with Crippen LogP contribution >= 0.6 is 22.6 Å². The zero-order valence-corrected chi connectivity index (χ0v) is 14.1. The maximum Gasteiger partial charge on any atom is 0.165 e. The molecule has 1 heterocycles. The molecular weight excluding hydrogens is 384 g/mol. The smallest absolute Gasteiger partial charge is 0.165 e. The predicted molar refractivity (Wildman–Crippen MR) is 90.0 cm³/mol. The molecule has 0 aliphatic heterocycles. The number of aromatic hydroxyl groups is 1. The van der Waals surface area contributed by atoms with Gasteiger partial charge in [-0.25, -0.2) is 14.4 Å². The minimum Gasteiger partial charge on any atom is -0.505 e. The van der Waals surface area contributed by atoms with Crippen molar-refractivity contribution in [2.45, 2.75) is 26.7 Å². The van der Waals surface area contributed by atoms with E-state index >= 15 is 0 Å². The fourth-order valence-corrected chi connectivity index (χ4v) is 2.66. The van der Waals surface area contributed by atoms with Gasteiger partial charge in [0.05, 0.1) is 9.26 Å². The van der Waals surface area contributed by atoms with E-state index in [1.807, 2.05) is 6.92 Å². The second kappa shape index (κ2) is 7.02. The number of nitrogens with one attached hydrogen (secondary N) is 1. The monoisotopic (exact) mass is 401 g/mol. The lowest BCUT2D eigenvalue weighted by Gasteiger charge is -2.12. The van der Waals surface area contributed by atoms with Gasteiger partial charge in [-0.05, 0) is 54.1 Å². The van der Waals surface area contributed by atoms with Crippen LogP contribution in [-0.2, 0) is 6.42 Å². The molecule has 6 heteroatoms. The molecule has 4 nitrogen and oxygen atoms in total. The minimum atomic E-state index is -0.670. The molecule has 21 heavy (non-hydrogen) atoms. The first kappa shape index (κ1) is 15.9. The van der Waals surface area contributed by atoms with E-state index in [1.54, 1.807) is 6.07 Å². The van der Waals surface area contributed by atoms with Gasteiger partial charge in [0.25, 0.3) is 0 Å². The molecule has 0 radical (unpaired) electrons. The van der Waals surface area contributed by atoms with Crippen molar-refractivity contribution in [1.29, 1.82) is 0 Å². The highest BCUT2D eigenvalue weighted by Crippen LogP contribution is 2.27. The summed E-state index contributed by atoms with van der Waals surface area (Å²) in [5, 5.41) is 12.5. The van der Waals surface area contributed by atoms with Crippen LogP contribution in [0.25, 0.3) is 11.4 Å². The third-order valence-corrected chi connectivity index (χ3v) is 4.09. The highest BCUT2D eigenvalue weighted by atomic mass is 127. The maximum absolute atomic E-state index is 13.5. The molecule has 112 valence electrons. The lowest BCUT2D eigenvalue weighted by molar-refractivity contribution is 0.432. The van der Waals surface area contributed by atoms with E-state index in [0.717, 1.165) is 34.5 Å². The van der Waals surface area contributed by atoms with Gasteiger partial charge in [-0.1, -0.05) is 13.3 Å². The standard InChI is InChI=1S/C15H17FIN3O/c1-3-5-11-13(17)15(18-4-2)20-14(19-11)9-6-7-12(21)10(16)8-9/h6-8,21H,3-5H2,1-2H3,(H,18,19,20). The van der Waals surface area contributed by atoms with E-state index in [2.05, 4.69) is 44.8 Å². The number of aromatic nitrogens is 2. The van der Waals surface area contributed by atoms with Crippen LogP contribution in [0.1, 0.15) is 26.0 Å². The van der Waals surface area contributed by atoms with Crippen molar-refractivity contribution in [3.05, 3.63) is 33.3 Å². The Labute approximate surface area is 137 Å². The highest BCUT2D eigenvalue weighted by Gasteiger charge is 2.13. The Balaban J connectivity index is 2.53. The number of nitrogens with zero attached hydrogens (tertiary/aromatic N) is 2. The van der Waals surface area contributed by atoms with E-state index in [4.69, 9.17) is 0 Å². The van der Waals surface area contributed by atoms with E-state index in [1.165, 1.54) is 12.1 Å². The Morgan fingerprint density at radius 1 is 1.29 bits per heavy atom. The minimum absolute atomic E-state index is 0.370. The number of aryl methyl sites for hydroxylation is 1. The summed E-state index contributed by atoms with van der Waals surface area (Å²) < 4.78 is 14.5. The van der Waals surface area contributed by atoms with Gasteiger partial charge >= 0.3 is 0 Å². The molecule has 1 aromatic carbocycles. The molecule has 0 saturated heterocycles. The number of anilines is 1. The molecule has 0 saturated carbocycles. The first-order valence-electron chi connectivity index (χ1n) is 6.86. The third-order valence-electron chi connectivity index (χ3n) is 2.96. The van der Waals surface area contributed by atoms with E-state index in [0.29, 0.717) is 11.4 Å². The predicted octanol–water partition coefficient (Wildman–Crippen LogP) is 3.98. The summed E-state index contributed by atoms with van der Waals surface area (Å²) in [7, 11) is 0. The second-order valence-corrected chi connectivity index (χ2v) is 5.68. The fourth-order valence-electron chi connectivity index (χ4n) is 1.96. The van der Waals surface area contributed by atoms with Crippen molar-refractivity contribution in [2.24, 2.45) is 0 Å². The SMILES string of the molecule is CCCc1nc(-c2ccc(O)c(F)c2)nc(NCC)c1I. The van der Waals surface area contributed by atoms with Crippen LogP contribution in [0, 0.1) is 9.39 Å². The molecule has 0 unspecified atom stereocenters. The number of hydrogen-bond donors (Lipinski definition) is 2. The topological polar surface area (TPSA) is 58.0 Å². The van der Waals surface area contributed by atoms with E-state index < -0.39 is 5.82 Å². The van der Waals surface area contributed by atoms with Gasteiger partial charge in [-0.3, -0.25) is 0 Å². The molecule has 0 amide bonds. The zero-order valence-electron chi connectivity index (χ0n) is 12.0. The first-order chi connectivity index (χ1) is 10.1. The summed E-state index contributed by atoms with van der Waals surface area (Å²) in [6.07, 6.45) is 1.81. The highest BCUT2D eigenvalue weighted by molar-refractivity contribution is 14.1. The van der Waals surface area contributed by atoms with Crippen LogP contribution in [0.5, 0.6) is 5.75 Å². The number of benzene rings is 1. The Kier molecular flexibility index (Phi) is 5.33. The molecule has 1 aromatic heterocycles. The molecule has 0 atom stereocenters. The molecular formula is C15H17FIN3O. The summed E-state index contributed by atoms with van der Waals surface area (Å²) >= 11 is 2.23. The summed E-state index contributed by atoms with van der Waals surface area (Å²) in [4.78, 5) is 9.01. The number of halogens is 2. The molecule has 2 aromatic rings. The number of hydrogen-bond acceptors (Lipinski definition) is 4. The number of rotatable bonds is 5. The molecule has 2 N–H and O–H groups in total. The summed E-state index contributed by atoms with van der Waals surface area (Å²) in [5.74, 6) is 0.190. The van der Waals surface area contributed by atoms with Gasteiger partial charge in [-0.2, -0.15) is 0 Å². The lowest BCUT2D eigenvalue weighted by atomic mass is 10.1. The van der Waals surface area contributed by atoms with Crippen LogP contribution in [0.3, 0.4) is 0 Å². The Hall–Kier alpha value is -1.44. The van der Waals surface area contributed by atoms with Crippen LogP contribution in [0.15, 0.2) is 18.2 Å². The Morgan fingerprint density at radius 2 is 2.05 bits per heavy atom.